The third-order valence-electron chi connectivity index (χ3n) is 4.44. The molecule has 10 heteroatoms. The number of piperazine rings is 1. The van der Waals surface area contributed by atoms with Gasteiger partial charge < -0.3 is 0 Å². The molecule has 0 spiro atoms. The van der Waals surface area contributed by atoms with Gasteiger partial charge in [-0.15, -0.1) is 0 Å². The number of nitro groups is 1. The van der Waals surface area contributed by atoms with E-state index in [1.165, 1.54) is 28.6 Å². The summed E-state index contributed by atoms with van der Waals surface area (Å²) in [5.41, 5.74) is 0.687. The van der Waals surface area contributed by atoms with Crippen LogP contribution in [0.15, 0.2) is 47.4 Å². The largest absolute Gasteiger partial charge is 0.296 e. The van der Waals surface area contributed by atoms with Gasteiger partial charge in [-0.25, -0.2) is 8.42 Å². The molecular weight excluding hydrogens is 413 g/mol. The lowest BCUT2D eigenvalue weighted by Gasteiger charge is -2.33. The second-order valence-electron chi connectivity index (χ2n) is 6.14. The van der Waals surface area contributed by atoms with Crippen molar-refractivity contribution in [3.63, 3.8) is 0 Å². The number of nitrogens with zero attached hydrogens (tertiary/aromatic N) is 3. The molecule has 1 aliphatic heterocycles. The average Bonchev–Trinajstić information content (AvgIpc) is 2.64. The average molecular weight is 430 g/mol. The molecule has 0 radical (unpaired) electrons. The predicted molar refractivity (Wildman–Crippen MR) is 104 cm³/mol. The quantitative estimate of drug-likeness (QED) is 0.536. The van der Waals surface area contributed by atoms with Gasteiger partial charge in [0.1, 0.15) is 0 Å². The number of halogens is 2. The van der Waals surface area contributed by atoms with E-state index in [0.717, 1.165) is 0 Å². The predicted octanol–water partition coefficient (Wildman–Crippen LogP) is 3.41. The highest BCUT2D eigenvalue weighted by molar-refractivity contribution is 7.89. The van der Waals surface area contributed by atoms with E-state index < -0.39 is 14.9 Å². The molecule has 1 fully saturated rings. The fourth-order valence-corrected chi connectivity index (χ4v) is 4.79. The van der Waals surface area contributed by atoms with Crippen LogP contribution < -0.4 is 0 Å². The normalized spacial score (nSPS) is 16.4. The summed E-state index contributed by atoms with van der Waals surface area (Å²) in [6.07, 6.45) is 0. The maximum atomic E-state index is 12.8. The van der Waals surface area contributed by atoms with E-state index >= 15 is 0 Å². The molecule has 0 saturated carbocycles. The van der Waals surface area contributed by atoms with Gasteiger partial charge in [0.15, 0.2) is 0 Å². The Morgan fingerprint density at radius 1 is 1.00 bits per heavy atom. The van der Waals surface area contributed by atoms with Gasteiger partial charge in [0.2, 0.25) is 10.0 Å². The third kappa shape index (κ3) is 4.41. The zero-order valence-corrected chi connectivity index (χ0v) is 16.5. The summed E-state index contributed by atoms with van der Waals surface area (Å²) < 4.78 is 26.9. The Hall–Kier alpha value is -1.71. The molecule has 0 atom stereocenters. The molecule has 2 aromatic rings. The second kappa shape index (κ2) is 8.12. The fourth-order valence-electron chi connectivity index (χ4n) is 2.98. The summed E-state index contributed by atoms with van der Waals surface area (Å²) in [6.45, 7) is 1.95. The third-order valence-corrected chi connectivity index (χ3v) is 7.08. The van der Waals surface area contributed by atoms with Gasteiger partial charge in [0.05, 0.1) is 19.9 Å². The van der Waals surface area contributed by atoms with Crippen molar-refractivity contribution in [1.82, 2.24) is 9.21 Å². The lowest BCUT2D eigenvalue weighted by Crippen LogP contribution is -2.48. The SMILES string of the molecule is O=[N+]([O-])c1ccccc1CN1CCN(S(=O)(=O)c2ccc(Cl)c(Cl)c2)CC1. The van der Waals surface area contributed by atoms with Crippen LogP contribution in [0.25, 0.3) is 0 Å². The summed E-state index contributed by atoms with van der Waals surface area (Å²) in [5.74, 6) is 0. The van der Waals surface area contributed by atoms with E-state index in [-0.39, 0.29) is 15.6 Å². The Kier molecular flexibility index (Phi) is 6.02. The van der Waals surface area contributed by atoms with Gasteiger partial charge in [0, 0.05) is 44.4 Å². The van der Waals surface area contributed by atoms with Crippen LogP contribution in [-0.2, 0) is 16.6 Å². The zero-order valence-electron chi connectivity index (χ0n) is 14.2. The van der Waals surface area contributed by atoms with Crippen LogP contribution in [-0.4, -0.2) is 48.7 Å². The Morgan fingerprint density at radius 3 is 2.30 bits per heavy atom. The first-order valence-electron chi connectivity index (χ1n) is 8.19. The van der Waals surface area contributed by atoms with Crippen molar-refractivity contribution in [1.29, 1.82) is 0 Å². The highest BCUT2D eigenvalue weighted by Crippen LogP contribution is 2.27. The fraction of sp³-hybridized carbons (Fsp3) is 0.294. The molecule has 0 amide bonds. The molecule has 7 nitrogen and oxygen atoms in total. The summed E-state index contributed by atoms with van der Waals surface area (Å²) in [7, 11) is -3.66. The highest BCUT2D eigenvalue weighted by atomic mass is 35.5. The summed E-state index contributed by atoms with van der Waals surface area (Å²) in [6, 6.07) is 10.8. The van der Waals surface area contributed by atoms with Crippen LogP contribution in [0.3, 0.4) is 0 Å². The lowest BCUT2D eigenvalue weighted by molar-refractivity contribution is -0.385. The number of para-hydroxylation sites is 1. The molecule has 1 saturated heterocycles. The van der Waals surface area contributed by atoms with E-state index in [2.05, 4.69) is 0 Å². The van der Waals surface area contributed by atoms with Gasteiger partial charge in [-0.2, -0.15) is 4.31 Å². The molecule has 27 heavy (non-hydrogen) atoms. The van der Waals surface area contributed by atoms with Gasteiger partial charge in [-0.05, 0) is 18.2 Å². The lowest BCUT2D eigenvalue weighted by atomic mass is 10.1. The molecule has 3 rings (SSSR count). The Labute approximate surface area is 167 Å². The van der Waals surface area contributed by atoms with Crippen LogP contribution in [0, 0.1) is 10.1 Å². The van der Waals surface area contributed by atoms with Crippen LogP contribution in [0.5, 0.6) is 0 Å². The molecule has 0 bridgehead atoms. The molecule has 0 unspecified atom stereocenters. The first-order valence-corrected chi connectivity index (χ1v) is 10.4. The van der Waals surface area contributed by atoms with Crippen molar-refractivity contribution >= 4 is 38.9 Å². The molecule has 1 aliphatic rings. The van der Waals surface area contributed by atoms with Crippen molar-refractivity contribution in [2.24, 2.45) is 0 Å². The van der Waals surface area contributed by atoms with Crippen molar-refractivity contribution in [2.75, 3.05) is 26.2 Å². The number of nitro benzene ring substituents is 1. The molecule has 0 aromatic heterocycles. The van der Waals surface area contributed by atoms with Gasteiger partial charge in [0.25, 0.3) is 5.69 Å². The zero-order chi connectivity index (χ0) is 19.6. The number of hydrogen-bond donors (Lipinski definition) is 0. The van der Waals surface area contributed by atoms with E-state index in [0.29, 0.717) is 43.3 Å². The molecule has 2 aromatic carbocycles. The van der Waals surface area contributed by atoms with Crippen molar-refractivity contribution in [3.8, 4) is 0 Å². The van der Waals surface area contributed by atoms with Gasteiger partial charge in [-0.3, -0.25) is 15.0 Å². The van der Waals surface area contributed by atoms with Crippen molar-refractivity contribution < 1.29 is 13.3 Å². The number of hydrogen-bond acceptors (Lipinski definition) is 5. The highest BCUT2D eigenvalue weighted by Gasteiger charge is 2.29. The van der Waals surface area contributed by atoms with Gasteiger partial charge in [-0.1, -0.05) is 41.4 Å². The van der Waals surface area contributed by atoms with E-state index in [1.54, 1.807) is 18.2 Å². The van der Waals surface area contributed by atoms with Crippen molar-refractivity contribution in [2.45, 2.75) is 11.4 Å². The summed E-state index contributed by atoms with van der Waals surface area (Å²) >= 11 is 11.8. The van der Waals surface area contributed by atoms with Crippen LogP contribution in [0.1, 0.15) is 5.56 Å². The first-order chi connectivity index (χ1) is 12.8. The summed E-state index contributed by atoms with van der Waals surface area (Å²) in [4.78, 5) is 12.8. The standard InChI is InChI=1S/C17H17Cl2N3O4S/c18-15-6-5-14(11-16(15)19)27(25,26)21-9-7-20(8-10-21)12-13-3-1-2-4-17(13)22(23)24/h1-6,11H,7-10,12H2. The maximum Gasteiger partial charge on any atom is 0.273 e. The molecule has 0 aliphatic carbocycles. The minimum absolute atomic E-state index is 0.0726. The Bertz CT molecular complexity index is 960. The van der Waals surface area contributed by atoms with Crippen LogP contribution in [0.4, 0.5) is 5.69 Å². The topological polar surface area (TPSA) is 83.8 Å². The molecule has 144 valence electrons. The Balaban J connectivity index is 1.68. The van der Waals surface area contributed by atoms with Crippen LogP contribution >= 0.6 is 23.2 Å². The van der Waals surface area contributed by atoms with E-state index in [4.69, 9.17) is 23.2 Å². The van der Waals surface area contributed by atoms with Crippen LogP contribution in [0.2, 0.25) is 10.0 Å². The smallest absolute Gasteiger partial charge is 0.273 e. The Morgan fingerprint density at radius 2 is 1.67 bits per heavy atom. The monoisotopic (exact) mass is 429 g/mol. The van der Waals surface area contributed by atoms with Gasteiger partial charge >= 0.3 is 0 Å². The number of benzene rings is 2. The minimum Gasteiger partial charge on any atom is -0.296 e. The maximum absolute atomic E-state index is 12.8. The van der Waals surface area contributed by atoms with Crippen molar-refractivity contribution in [3.05, 3.63) is 68.2 Å². The molecule has 0 N–H and O–H groups in total. The van der Waals surface area contributed by atoms with E-state index in [1.807, 2.05) is 4.90 Å². The number of sulfonamides is 1. The first kappa shape index (κ1) is 20.0. The molecule has 1 heterocycles. The summed E-state index contributed by atoms with van der Waals surface area (Å²) in [5, 5.41) is 11.6. The second-order valence-corrected chi connectivity index (χ2v) is 8.89. The number of rotatable bonds is 5. The van der Waals surface area contributed by atoms with E-state index in [9.17, 15) is 18.5 Å². The molecular formula is C17H17Cl2N3O4S. The minimum atomic E-state index is -3.66.